The minimum absolute atomic E-state index is 0.0142. The van der Waals surface area contributed by atoms with Crippen molar-refractivity contribution < 1.29 is 66.1 Å². The van der Waals surface area contributed by atoms with E-state index >= 15 is 8.78 Å². The number of benzene rings is 2. The van der Waals surface area contributed by atoms with Gasteiger partial charge in [0.1, 0.15) is 59.2 Å². The van der Waals surface area contributed by atoms with Gasteiger partial charge in [0, 0.05) is 74.7 Å². The third-order valence-electron chi connectivity index (χ3n) is 14.2. The molecule has 6 amide bonds. The molecule has 4 aromatic rings. The summed E-state index contributed by atoms with van der Waals surface area (Å²) in [6.45, 7) is 19.2. The zero-order valence-corrected chi connectivity index (χ0v) is 47.2. The van der Waals surface area contributed by atoms with E-state index in [4.69, 9.17) is 18.9 Å². The van der Waals surface area contributed by atoms with Gasteiger partial charge in [-0.3, -0.25) is 38.6 Å². The van der Waals surface area contributed by atoms with Crippen LogP contribution in [-0.4, -0.2) is 164 Å². The van der Waals surface area contributed by atoms with E-state index in [2.05, 4.69) is 20.6 Å². The topological polar surface area (TPSA) is 242 Å². The fraction of sp³-hybridized carbons (Fsp3) is 0.571. The first-order valence-electron chi connectivity index (χ1n) is 26.5. The molecule has 20 nitrogen and oxygen atoms in total. The number of carbonyl (C=O) groups excluding carboxylic acids is 8. The van der Waals surface area contributed by atoms with Crippen molar-refractivity contribution in [2.45, 2.75) is 181 Å². The Hall–Kier alpha value is -7.26. The second-order valence-corrected chi connectivity index (χ2v) is 22.4. The first-order chi connectivity index (χ1) is 36.4. The molecule has 2 fully saturated rings. The number of aromatic nitrogens is 2. The zero-order chi connectivity index (χ0) is 57.9. The molecule has 4 unspecified atom stereocenters. The number of hydrogen-bond donors (Lipinski definition) is 4. The van der Waals surface area contributed by atoms with E-state index in [0.29, 0.717) is 44.3 Å². The number of likely N-dealkylation sites (N-methyl/N-ethyl adjacent to an activating group) is 2. The standard InChI is InChI=1S/C56H76F2N8O12/c1-15-43(61-49(69)29(3)63(13)53(73)77-55(7,8)9)51(71)65-27-37(75-31(5)67)23-35(65)25-41-39-19-17-33(57)21-45(39)59-47(41)48-42(40-20-18-34(58)22-46(40)60-48)26-36-24-38(76-32(6)68)28-66(36)52(72)44(16-2)62-50(70)30(4)64(14)54(74)78-56(10,11)12/h17-22,29-30,35-38,43-44,59-60H,15-16,23-28H2,1-14H3,(H,61,69)(H,62,70)/t29-,30-,35-,36-,37?,38?,43?,44?/m0/s1. The molecular formula is C56H76F2N8O12. The van der Waals surface area contributed by atoms with Gasteiger partial charge < -0.3 is 49.3 Å². The van der Waals surface area contributed by atoms with E-state index in [-0.39, 0.29) is 51.6 Å². The number of halogens is 2. The normalized spacial score (nSPS) is 19.2. The zero-order valence-electron chi connectivity index (χ0n) is 47.2. The molecule has 6 rings (SSSR count). The van der Waals surface area contributed by atoms with Crippen LogP contribution in [0, 0.1) is 11.6 Å². The van der Waals surface area contributed by atoms with Crippen LogP contribution in [0.1, 0.15) is 120 Å². The van der Waals surface area contributed by atoms with E-state index in [1.807, 2.05) is 0 Å². The van der Waals surface area contributed by atoms with Gasteiger partial charge in [0.05, 0.1) is 24.5 Å². The number of nitrogens with one attached hydrogen (secondary N) is 4. The van der Waals surface area contributed by atoms with Crippen molar-refractivity contribution in [1.29, 1.82) is 0 Å². The van der Waals surface area contributed by atoms with Gasteiger partial charge in [-0.2, -0.15) is 0 Å². The second kappa shape index (κ2) is 24.2. The number of carbonyl (C=O) groups is 8. The van der Waals surface area contributed by atoms with E-state index in [0.717, 1.165) is 9.80 Å². The van der Waals surface area contributed by atoms with Gasteiger partial charge in [-0.05, 0) is 129 Å². The van der Waals surface area contributed by atoms with E-state index < -0.39 is 119 Å². The largest absolute Gasteiger partial charge is 0.461 e. The Balaban J connectivity index is 1.38. The number of rotatable bonds is 17. The third-order valence-corrected chi connectivity index (χ3v) is 14.2. The van der Waals surface area contributed by atoms with Gasteiger partial charge in [0.25, 0.3) is 0 Å². The van der Waals surface area contributed by atoms with E-state index in [9.17, 15) is 38.4 Å². The maximum absolute atomic E-state index is 15.2. The summed E-state index contributed by atoms with van der Waals surface area (Å²) in [5, 5.41) is 6.80. The second-order valence-electron chi connectivity index (χ2n) is 22.4. The number of aromatic amines is 2. The molecule has 2 saturated heterocycles. The lowest BCUT2D eigenvalue weighted by Crippen LogP contribution is -2.55. The number of H-pyrrole nitrogens is 2. The van der Waals surface area contributed by atoms with Crippen LogP contribution in [0.2, 0.25) is 0 Å². The Kier molecular flexibility index (Phi) is 18.6. The van der Waals surface area contributed by atoms with Crippen molar-refractivity contribution >= 4 is 69.6 Å². The Morgan fingerprint density at radius 3 is 1.28 bits per heavy atom. The van der Waals surface area contributed by atoms with Gasteiger partial charge >= 0.3 is 24.1 Å². The van der Waals surface area contributed by atoms with Crippen LogP contribution in [0.4, 0.5) is 18.4 Å². The van der Waals surface area contributed by atoms with Crippen molar-refractivity contribution in [1.82, 2.24) is 40.2 Å². The van der Waals surface area contributed by atoms with Gasteiger partial charge in [-0.25, -0.2) is 18.4 Å². The highest BCUT2D eigenvalue weighted by atomic mass is 19.1. The molecule has 78 heavy (non-hydrogen) atoms. The number of hydrogen-bond acceptors (Lipinski definition) is 12. The highest BCUT2D eigenvalue weighted by Gasteiger charge is 2.43. The highest BCUT2D eigenvalue weighted by molar-refractivity contribution is 5.97. The van der Waals surface area contributed by atoms with E-state index in [1.165, 1.54) is 66.1 Å². The molecule has 2 aromatic heterocycles. The van der Waals surface area contributed by atoms with Crippen LogP contribution in [0.3, 0.4) is 0 Å². The van der Waals surface area contributed by atoms with Crippen molar-refractivity contribution in [3.05, 3.63) is 59.2 Å². The predicted octanol–water partition coefficient (Wildman–Crippen LogP) is 7.05. The molecule has 426 valence electrons. The summed E-state index contributed by atoms with van der Waals surface area (Å²) in [6, 6.07) is 2.98. The number of likely N-dealkylation sites (tertiary alicyclic amines) is 2. The molecule has 4 N–H and O–H groups in total. The molecule has 2 aliphatic rings. The van der Waals surface area contributed by atoms with E-state index in [1.54, 1.807) is 77.3 Å². The average Bonchev–Trinajstić information content (AvgIpc) is 4.21. The van der Waals surface area contributed by atoms with Gasteiger partial charge in [0.15, 0.2) is 0 Å². The van der Waals surface area contributed by atoms with Gasteiger partial charge in [-0.15, -0.1) is 0 Å². The molecule has 0 spiro atoms. The Labute approximate surface area is 453 Å². The summed E-state index contributed by atoms with van der Waals surface area (Å²) < 4.78 is 52.7. The summed E-state index contributed by atoms with van der Waals surface area (Å²) in [7, 11) is 2.85. The summed E-state index contributed by atoms with van der Waals surface area (Å²) >= 11 is 0. The van der Waals surface area contributed by atoms with Crippen LogP contribution in [0.5, 0.6) is 0 Å². The van der Waals surface area contributed by atoms with Crippen molar-refractivity contribution in [3.8, 4) is 11.4 Å². The van der Waals surface area contributed by atoms with Gasteiger partial charge in [0.2, 0.25) is 23.6 Å². The summed E-state index contributed by atoms with van der Waals surface area (Å²) in [6.07, 6.45) is -2.00. The number of ether oxygens (including phenoxy) is 4. The van der Waals surface area contributed by atoms with Crippen molar-refractivity contribution in [2.75, 3.05) is 27.2 Å². The molecule has 4 heterocycles. The van der Waals surface area contributed by atoms with Crippen LogP contribution in [0.25, 0.3) is 33.2 Å². The quantitative estimate of drug-likeness (QED) is 0.0615. The molecule has 0 saturated carbocycles. The fourth-order valence-corrected chi connectivity index (χ4v) is 10.1. The van der Waals surface area contributed by atoms with Crippen molar-refractivity contribution in [2.24, 2.45) is 0 Å². The molecule has 0 bridgehead atoms. The van der Waals surface area contributed by atoms with Crippen LogP contribution in [-0.2, 0) is 60.6 Å². The monoisotopic (exact) mass is 1090 g/mol. The molecule has 22 heteroatoms. The fourth-order valence-electron chi connectivity index (χ4n) is 10.1. The number of fused-ring (bicyclic) bond motifs is 2. The molecule has 0 aliphatic carbocycles. The number of nitrogens with zero attached hydrogens (tertiary/aromatic N) is 4. The first kappa shape index (κ1) is 60.0. The molecule has 2 aromatic carbocycles. The average molecular weight is 1090 g/mol. The van der Waals surface area contributed by atoms with Gasteiger partial charge in [-0.1, -0.05) is 13.8 Å². The summed E-state index contributed by atoms with van der Waals surface area (Å²) in [5.74, 6) is -4.34. The lowest BCUT2D eigenvalue weighted by Gasteiger charge is -2.31. The Bertz CT molecular complexity index is 2730. The molecular weight excluding hydrogens is 1010 g/mol. The number of amides is 6. The molecule has 2 aliphatic heterocycles. The number of esters is 2. The minimum atomic E-state index is -1.06. The smallest absolute Gasteiger partial charge is 0.410 e. The maximum Gasteiger partial charge on any atom is 0.410 e. The lowest BCUT2D eigenvalue weighted by molar-refractivity contribution is -0.147. The highest BCUT2D eigenvalue weighted by Crippen LogP contribution is 2.40. The first-order valence-corrected chi connectivity index (χ1v) is 26.5. The molecule has 0 radical (unpaired) electrons. The van der Waals surface area contributed by atoms with Crippen LogP contribution >= 0.6 is 0 Å². The maximum atomic E-state index is 15.2. The minimum Gasteiger partial charge on any atom is -0.461 e. The molecule has 8 atom stereocenters. The van der Waals surface area contributed by atoms with Crippen LogP contribution < -0.4 is 10.6 Å². The SMILES string of the molecule is CCC(NC(=O)[C@H](C)N(C)C(=O)OC(C)(C)C)C(=O)N1CC(OC(C)=O)C[C@H]1Cc1c(-c2[nH]c3cc(F)ccc3c2C[C@@H]2CC(OC(C)=O)CN2C(=O)C(CC)NC(=O)[C@H](C)N(C)C(=O)OC(C)(C)C)[nH]c2cc(F)ccc12. The Morgan fingerprint density at radius 2 is 0.974 bits per heavy atom. The predicted molar refractivity (Wildman–Crippen MR) is 286 cm³/mol. The lowest BCUT2D eigenvalue weighted by atomic mass is 9.94. The third kappa shape index (κ3) is 14.3. The summed E-state index contributed by atoms with van der Waals surface area (Å²) in [5.41, 5.74) is 1.29. The Morgan fingerprint density at radius 1 is 0.628 bits per heavy atom. The van der Waals surface area contributed by atoms with Crippen molar-refractivity contribution in [3.63, 3.8) is 0 Å². The summed E-state index contributed by atoms with van der Waals surface area (Å²) in [4.78, 5) is 120. The van der Waals surface area contributed by atoms with Crippen LogP contribution in [0.15, 0.2) is 36.4 Å².